The largest absolute Gasteiger partial charge is 0.385 e. The highest BCUT2D eigenvalue weighted by Gasteiger charge is 1.97. The zero-order chi connectivity index (χ0) is 11.1. The van der Waals surface area contributed by atoms with Crippen molar-refractivity contribution in [2.24, 2.45) is 0 Å². The van der Waals surface area contributed by atoms with E-state index < -0.39 is 0 Å². The van der Waals surface area contributed by atoms with Crippen molar-refractivity contribution in [1.82, 2.24) is 0 Å². The predicted octanol–water partition coefficient (Wildman–Crippen LogP) is 2.69. The van der Waals surface area contributed by atoms with Gasteiger partial charge in [0.1, 0.15) is 0 Å². The van der Waals surface area contributed by atoms with E-state index in [0.29, 0.717) is 0 Å². The van der Waals surface area contributed by atoms with Crippen LogP contribution in [0.5, 0.6) is 0 Å². The Bertz CT molecular complexity index is 408. The van der Waals surface area contributed by atoms with Crippen LogP contribution in [0, 0.1) is 30.6 Å². The highest BCUT2D eigenvalue weighted by Crippen LogP contribution is 2.14. The summed E-state index contributed by atoms with van der Waals surface area (Å²) in [6.07, 6.45) is 6.92. The van der Waals surface area contributed by atoms with Gasteiger partial charge in [-0.3, -0.25) is 0 Å². The van der Waals surface area contributed by atoms with E-state index in [-0.39, 0.29) is 0 Å². The zero-order valence-electron chi connectivity index (χ0n) is 8.88. The Morgan fingerprint density at radius 3 is 2.87 bits per heavy atom. The van der Waals surface area contributed by atoms with Gasteiger partial charge in [0.05, 0.1) is 11.6 Å². The number of aryl methyl sites for hydroxylation is 1. The minimum atomic E-state index is 0.726. The second kappa shape index (κ2) is 5.73. The van der Waals surface area contributed by atoms with Gasteiger partial charge < -0.3 is 5.32 Å². The van der Waals surface area contributed by atoms with E-state index in [0.717, 1.165) is 36.2 Å². The van der Waals surface area contributed by atoms with E-state index in [4.69, 9.17) is 11.7 Å². The van der Waals surface area contributed by atoms with Gasteiger partial charge in [-0.25, -0.2) is 0 Å². The Morgan fingerprint density at radius 2 is 2.27 bits per heavy atom. The first kappa shape index (κ1) is 11.1. The van der Waals surface area contributed by atoms with Crippen LogP contribution in [-0.2, 0) is 0 Å². The summed E-state index contributed by atoms with van der Waals surface area (Å²) in [6, 6.07) is 7.88. The lowest BCUT2D eigenvalue weighted by Crippen LogP contribution is -2.01. The summed E-state index contributed by atoms with van der Waals surface area (Å²) >= 11 is 0. The average molecular weight is 198 g/mol. The van der Waals surface area contributed by atoms with Gasteiger partial charge in [0, 0.05) is 18.7 Å². The predicted molar refractivity (Wildman–Crippen MR) is 62.5 cm³/mol. The maximum absolute atomic E-state index is 8.76. The highest BCUT2D eigenvalue weighted by molar-refractivity contribution is 5.51. The molecule has 0 bridgehead atoms. The molecule has 0 aliphatic heterocycles. The molecule has 0 radical (unpaired) electrons. The smallest absolute Gasteiger partial charge is 0.0994 e. The Hall–Kier alpha value is -1.93. The molecule has 0 saturated heterocycles. The molecule has 0 aliphatic carbocycles. The summed E-state index contributed by atoms with van der Waals surface area (Å²) < 4.78 is 0. The topological polar surface area (TPSA) is 35.8 Å². The van der Waals surface area contributed by atoms with E-state index in [1.54, 1.807) is 0 Å². The summed E-state index contributed by atoms with van der Waals surface area (Å²) in [7, 11) is 0. The zero-order valence-corrected chi connectivity index (χ0v) is 8.88. The summed E-state index contributed by atoms with van der Waals surface area (Å²) in [5.74, 6) is 2.60. The normalized spacial score (nSPS) is 9.00. The number of terminal acetylenes is 1. The van der Waals surface area contributed by atoms with Crippen LogP contribution >= 0.6 is 0 Å². The van der Waals surface area contributed by atoms with Crippen molar-refractivity contribution in [2.75, 3.05) is 11.9 Å². The molecule has 1 aromatic carbocycles. The Morgan fingerprint density at radius 1 is 1.47 bits per heavy atom. The molecule has 0 atom stereocenters. The molecule has 0 aliphatic rings. The Labute approximate surface area is 90.9 Å². The third kappa shape index (κ3) is 3.37. The quantitative estimate of drug-likeness (QED) is 0.596. The first-order valence-corrected chi connectivity index (χ1v) is 4.96. The van der Waals surface area contributed by atoms with Crippen molar-refractivity contribution in [3.05, 3.63) is 29.3 Å². The molecule has 0 heterocycles. The third-order valence-electron chi connectivity index (χ3n) is 2.17. The van der Waals surface area contributed by atoms with E-state index in [2.05, 4.69) is 17.3 Å². The van der Waals surface area contributed by atoms with Crippen molar-refractivity contribution < 1.29 is 0 Å². The number of nitriles is 1. The first-order chi connectivity index (χ1) is 7.27. The second-order valence-corrected chi connectivity index (χ2v) is 3.38. The minimum absolute atomic E-state index is 0.726. The van der Waals surface area contributed by atoms with Crippen LogP contribution in [0.1, 0.15) is 24.0 Å². The van der Waals surface area contributed by atoms with Crippen molar-refractivity contribution in [3.8, 4) is 18.4 Å². The molecule has 1 aromatic rings. The van der Waals surface area contributed by atoms with Crippen LogP contribution in [0.3, 0.4) is 0 Å². The fraction of sp³-hybridized carbons (Fsp3) is 0.308. The van der Waals surface area contributed by atoms with Gasteiger partial charge in [-0.05, 0) is 37.1 Å². The number of rotatable bonds is 4. The molecule has 0 saturated carbocycles. The molecular weight excluding hydrogens is 184 g/mol. The number of nitrogens with zero attached hydrogens (tertiary/aromatic N) is 1. The molecule has 2 heteroatoms. The molecule has 2 nitrogen and oxygen atoms in total. The van der Waals surface area contributed by atoms with Crippen LogP contribution < -0.4 is 5.32 Å². The maximum atomic E-state index is 8.76. The lowest BCUT2D eigenvalue weighted by Gasteiger charge is -2.06. The van der Waals surface area contributed by atoms with Crippen molar-refractivity contribution in [2.45, 2.75) is 19.8 Å². The number of nitrogens with one attached hydrogen (secondary N) is 1. The number of hydrogen-bond donors (Lipinski definition) is 1. The molecule has 0 amide bonds. The fourth-order valence-corrected chi connectivity index (χ4v) is 1.32. The molecule has 76 valence electrons. The average Bonchev–Trinajstić information content (AvgIpc) is 2.25. The van der Waals surface area contributed by atoms with Crippen LogP contribution in [0.15, 0.2) is 18.2 Å². The summed E-state index contributed by atoms with van der Waals surface area (Å²) in [6.45, 7) is 2.81. The van der Waals surface area contributed by atoms with Crippen LogP contribution in [0.25, 0.3) is 0 Å². The van der Waals surface area contributed by atoms with Crippen LogP contribution in [0.2, 0.25) is 0 Å². The fourth-order valence-electron chi connectivity index (χ4n) is 1.32. The van der Waals surface area contributed by atoms with Gasteiger partial charge in [0.15, 0.2) is 0 Å². The molecule has 0 fully saturated rings. The van der Waals surface area contributed by atoms with E-state index in [1.165, 1.54) is 0 Å². The Kier molecular flexibility index (Phi) is 4.26. The molecule has 0 unspecified atom stereocenters. The summed E-state index contributed by atoms with van der Waals surface area (Å²) in [5, 5.41) is 12.0. The number of anilines is 1. The molecule has 1 N–H and O–H groups in total. The number of unbranched alkanes of at least 4 members (excludes halogenated alkanes) is 1. The lowest BCUT2D eigenvalue weighted by atomic mass is 10.1. The van der Waals surface area contributed by atoms with Crippen molar-refractivity contribution >= 4 is 5.69 Å². The highest BCUT2D eigenvalue weighted by atomic mass is 14.9. The number of hydrogen-bond acceptors (Lipinski definition) is 2. The van der Waals surface area contributed by atoms with E-state index in [9.17, 15) is 0 Å². The maximum Gasteiger partial charge on any atom is 0.0994 e. The summed E-state index contributed by atoms with van der Waals surface area (Å²) in [5.41, 5.74) is 2.77. The Balaban J connectivity index is 2.54. The molecule has 0 aromatic heterocycles. The van der Waals surface area contributed by atoms with Crippen molar-refractivity contribution in [3.63, 3.8) is 0 Å². The molecule has 1 rings (SSSR count). The minimum Gasteiger partial charge on any atom is -0.385 e. The SMILES string of the molecule is C#CCCCNc1ccc(C#N)c(C)c1. The number of benzene rings is 1. The van der Waals surface area contributed by atoms with E-state index in [1.807, 2.05) is 25.1 Å². The standard InChI is InChI=1S/C13H14N2/c1-3-4-5-8-15-13-7-6-12(10-14)11(2)9-13/h1,6-7,9,15H,4-5,8H2,2H3. The molecule has 0 spiro atoms. The monoisotopic (exact) mass is 198 g/mol. The van der Waals surface area contributed by atoms with Gasteiger partial charge in [-0.1, -0.05) is 0 Å². The van der Waals surface area contributed by atoms with Crippen molar-refractivity contribution in [1.29, 1.82) is 5.26 Å². The van der Waals surface area contributed by atoms with Gasteiger partial charge in [0.2, 0.25) is 0 Å². The third-order valence-corrected chi connectivity index (χ3v) is 2.17. The van der Waals surface area contributed by atoms with Gasteiger partial charge in [-0.15, -0.1) is 12.3 Å². The van der Waals surface area contributed by atoms with Gasteiger partial charge in [0.25, 0.3) is 0 Å². The lowest BCUT2D eigenvalue weighted by molar-refractivity contribution is 0.907. The molecular formula is C13H14N2. The first-order valence-electron chi connectivity index (χ1n) is 4.96. The van der Waals surface area contributed by atoms with E-state index >= 15 is 0 Å². The van der Waals surface area contributed by atoms with Crippen LogP contribution in [0.4, 0.5) is 5.69 Å². The van der Waals surface area contributed by atoms with Crippen LogP contribution in [-0.4, -0.2) is 6.54 Å². The second-order valence-electron chi connectivity index (χ2n) is 3.38. The van der Waals surface area contributed by atoms with Gasteiger partial charge in [-0.2, -0.15) is 5.26 Å². The molecule has 15 heavy (non-hydrogen) atoms. The van der Waals surface area contributed by atoms with Gasteiger partial charge >= 0.3 is 0 Å². The summed E-state index contributed by atoms with van der Waals surface area (Å²) in [4.78, 5) is 0.